The lowest BCUT2D eigenvalue weighted by Gasteiger charge is -2.34. The highest BCUT2D eigenvalue weighted by molar-refractivity contribution is 7.89. The van der Waals surface area contributed by atoms with E-state index in [1.165, 1.54) is 19.4 Å². The molecule has 0 bridgehead atoms. The zero-order valence-electron chi connectivity index (χ0n) is 11.7. The highest BCUT2D eigenvalue weighted by Gasteiger charge is 2.30. The van der Waals surface area contributed by atoms with Gasteiger partial charge in [-0.05, 0) is 26.7 Å². The average molecular weight is 300 g/mol. The lowest BCUT2D eigenvalue weighted by Crippen LogP contribution is -2.47. The van der Waals surface area contributed by atoms with Crippen molar-refractivity contribution in [2.45, 2.75) is 56.4 Å². The molecule has 1 aliphatic carbocycles. The average Bonchev–Trinajstić information content (AvgIpc) is 2.71. The molecular weight excluding hydrogens is 280 g/mol. The Morgan fingerprint density at radius 2 is 1.95 bits per heavy atom. The topological polar surface area (TPSA) is 102 Å². The van der Waals surface area contributed by atoms with Crippen molar-refractivity contribution in [3.63, 3.8) is 0 Å². The van der Waals surface area contributed by atoms with E-state index in [2.05, 4.69) is 5.32 Å². The Kier molecular flexibility index (Phi) is 3.93. The molecule has 112 valence electrons. The summed E-state index contributed by atoms with van der Waals surface area (Å²) >= 11 is 0. The molecule has 1 aromatic heterocycles. The number of carbonyl (C=O) groups is 1. The molecule has 0 aromatic carbocycles. The van der Waals surface area contributed by atoms with E-state index in [4.69, 9.17) is 9.56 Å². The van der Waals surface area contributed by atoms with Crippen molar-refractivity contribution in [3.05, 3.63) is 17.6 Å². The fourth-order valence-corrected chi connectivity index (χ4v) is 3.37. The first-order chi connectivity index (χ1) is 9.21. The number of hydrogen-bond acceptors (Lipinski definition) is 4. The minimum absolute atomic E-state index is 0.0154. The summed E-state index contributed by atoms with van der Waals surface area (Å²) in [6, 6.07) is 1.19. The van der Waals surface area contributed by atoms with Gasteiger partial charge in [0, 0.05) is 11.6 Å². The van der Waals surface area contributed by atoms with Gasteiger partial charge in [0.15, 0.2) is 5.76 Å². The van der Waals surface area contributed by atoms with Crippen LogP contribution in [0.5, 0.6) is 0 Å². The normalized spacial score (nSPS) is 18.8. The van der Waals surface area contributed by atoms with Crippen molar-refractivity contribution in [3.8, 4) is 0 Å². The molecule has 1 aromatic rings. The number of sulfonamides is 1. The van der Waals surface area contributed by atoms with Gasteiger partial charge in [-0.2, -0.15) is 0 Å². The molecule has 1 aliphatic rings. The second kappa shape index (κ2) is 5.21. The zero-order chi connectivity index (χ0) is 15.0. The number of rotatable bonds is 3. The highest BCUT2D eigenvalue weighted by atomic mass is 32.2. The van der Waals surface area contributed by atoms with Gasteiger partial charge in [-0.15, -0.1) is 0 Å². The van der Waals surface area contributed by atoms with Gasteiger partial charge in [0.2, 0.25) is 10.0 Å². The Hall–Kier alpha value is -1.34. The van der Waals surface area contributed by atoms with E-state index in [0.717, 1.165) is 25.7 Å². The number of primary sulfonamides is 1. The summed E-state index contributed by atoms with van der Waals surface area (Å²) in [7, 11) is -3.87. The molecule has 0 atom stereocenters. The maximum Gasteiger partial charge on any atom is 0.287 e. The Morgan fingerprint density at radius 1 is 1.35 bits per heavy atom. The van der Waals surface area contributed by atoms with E-state index in [1.807, 2.05) is 6.92 Å². The molecule has 6 nitrogen and oxygen atoms in total. The minimum atomic E-state index is -3.87. The molecule has 1 fully saturated rings. The molecule has 0 spiro atoms. The quantitative estimate of drug-likeness (QED) is 0.886. The number of nitrogens with two attached hydrogens (primary N) is 1. The van der Waals surface area contributed by atoms with Gasteiger partial charge in [-0.3, -0.25) is 4.79 Å². The highest BCUT2D eigenvalue weighted by Crippen LogP contribution is 2.28. The van der Waals surface area contributed by atoms with E-state index < -0.39 is 15.9 Å². The number of aryl methyl sites for hydroxylation is 1. The number of furan rings is 1. The predicted molar refractivity (Wildman–Crippen MR) is 73.8 cm³/mol. The maximum atomic E-state index is 12.2. The summed E-state index contributed by atoms with van der Waals surface area (Å²) in [6.45, 7) is 3.47. The number of nitrogens with one attached hydrogen (secondary N) is 1. The van der Waals surface area contributed by atoms with Gasteiger partial charge in [0.05, 0.1) is 0 Å². The molecule has 0 unspecified atom stereocenters. The van der Waals surface area contributed by atoms with Crippen LogP contribution in [-0.4, -0.2) is 19.9 Å². The number of amides is 1. The maximum absolute atomic E-state index is 12.2. The lowest BCUT2D eigenvalue weighted by molar-refractivity contribution is 0.0852. The first-order valence-corrected chi connectivity index (χ1v) is 8.22. The SMILES string of the molecule is Cc1oc(C(=O)NC2(C)CCCCC2)cc1S(N)(=O)=O. The first kappa shape index (κ1) is 15.1. The second-order valence-electron chi connectivity index (χ2n) is 5.65. The van der Waals surface area contributed by atoms with Gasteiger partial charge in [0.1, 0.15) is 10.7 Å². The molecule has 1 amide bonds. The van der Waals surface area contributed by atoms with E-state index in [9.17, 15) is 13.2 Å². The molecule has 0 aliphatic heterocycles. The molecule has 0 saturated heterocycles. The molecule has 20 heavy (non-hydrogen) atoms. The van der Waals surface area contributed by atoms with Crippen LogP contribution in [0.4, 0.5) is 0 Å². The van der Waals surface area contributed by atoms with E-state index in [1.54, 1.807) is 0 Å². The van der Waals surface area contributed by atoms with E-state index in [-0.39, 0.29) is 22.0 Å². The van der Waals surface area contributed by atoms with Gasteiger partial charge in [0.25, 0.3) is 5.91 Å². The van der Waals surface area contributed by atoms with Crippen molar-refractivity contribution in [1.29, 1.82) is 0 Å². The van der Waals surface area contributed by atoms with Crippen molar-refractivity contribution < 1.29 is 17.6 Å². The van der Waals surface area contributed by atoms with Crippen molar-refractivity contribution in [2.75, 3.05) is 0 Å². The van der Waals surface area contributed by atoms with Crippen molar-refractivity contribution in [2.24, 2.45) is 5.14 Å². The largest absolute Gasteiger partial charge is 0.455 e. The van der Waals surface area contributed by atoms with Crippen LogP contribution >= 0.6 is 0 Å². The summed E-state index contributed by atoms with van der Waals surface area (Å²) in [4.78, 5) is 12.0. The molecule has 1 heterocycles. The Morgan fingerprint density at radius 3 is 2.45 bits per heavy atom. The summed E-state index contributed by atoms with van der Waals surface area (Å²) in [5.41, 5.74) is -0.252. The van der Waals surface area contributed by atoms with Crippen molar-refractivity contribution >= 4 is 15.9 Å². The fourth-order valence-electron chi connectivity index (χ4n) is 2.65. The third-order valence-corrected chi connectivity index (χ3v) is 4.79. The van der Waals surface area contributed by atoms with Gasteiger partial charge in [-0.25, -0.2) is 13.6 Å². The van der Waals surface area contributed by atoms with Crippen molar-refractivity contribution in [1.82, 2.24) is 5.32 Å². The first-order valence-electron chi connectivity index (χ1n) is 6.67. The van der Waals surface area contributed by atoms with E-state index >= 15 is 0 Å². The molecule has 3 N–H and O–H groups in total. The number of carbonyl (C=O) groups excluding carboxylic acids is 1. The minimum Gasteiger partial charge on any atom is -0.455 e. The Labute approximate surface area is 118 Å². The second-order valence-corrected chi connectivity index (χ2v) is 7.18. The van der Waals surface area contributed by atoms with Gasteiger partial charge >= 0.3 is 0 Å². The summed E-state index contributed by atoms with van der Waals surface area (Å²) in [5, 5.41) is 8.00. The third kappa shape index (κ3) is 3.21. The zero-order valence-corrected chi connectivity index (χ0v) is 12.5. The van der Waals surface area contributed by atoms with Crippen LogP contribution in [0, 0.1) is 6.92 Å². The Balaban J connectivity index is 2.18. The van der Waals surface area contributed by atoms with Gasteiger partial charge < -0.3 is 9.73 Å². The monoisotopic (exact) mass is 300 g/mol. The molecular formula is C13H20N2O4S. The molecule has 0 radical (unpaired) electrons. The molecule has 7 heteroatoms. The predicted octanol–water partition coefficient (Wildman–Crippen LogP) is 1.69. The summed E-state index contributed by atoms with van der Waals surface area (Å²) in [6.07, 6.45) is 5.18. The lowest BCUT2D eigenvalue weighted by atomic mass is 9.83. The molecule has 2 rings (SSSR count). The molecule has 1 saturated carbocycles. The smallest absolute Gasteiger partial charge is 0.287 e. The van der Waals surface area contributed by atoms with Crippen LogP contribution in [0.1, 0.15) is 55.3 Å². The number of hydrogen-bond donors (Lipinski definition) is 2. The van der Waals surface area contributed by atoms with Crippen LogP contribution < -0.4 is 10.5 Å². The van der Waals surface area contributed by atoms with Crippen LogP contribution in [0.25, 0.3) is 0 Å². The van der Waals surface area contributed by atoms with E-state index in [0.29, 0.717) is 0 Å². The van der Waals surface area contributed by atoms with Crippen LogP contribution in [-0.2, 0) is 10.0 Å². The van der Waals surface area contributed by atoms with Crippen LogP contribution in [0.3, 0.4) is 0 Å². The van der Waals surface area contributed by atoms with Crippen LogP contribution in [0.2, 0.25) is 0 Å². The summed E-state index contributed by atoms with van der Waals surface area (Å²) < 4.78 is 27.9. The Bertz CT molecular complexity index is 612. The summed E-state index contributed by atoms with van der Waals surface area (Å²) in [5.74, 6) is -0.280. The third-order valence-electron chi connectivity index (χ3n) is 3.77. The standard InChI is InChI=1S/C13H20N2O4S/c1-9-11(20(14,17)18)8-10(19-9)12(16)15-13(2)6-4-3-5-7-13/h8H,3-7H2,1-2H3,(H,15,16)(H2,14,17,18). The van der Waals surface area contributed by atoms with Gasteiger partial charge in [-0.1, -0.05) is 19.3 Å². The van der Waals surface area contributed by atoms with Crippen LogP contribution in [0.15, 0.2) is 15.4 Å². The fraction of sp³-hybridized carbons (Fsp3) is 0.615.